The lowest BCUT2D eigenvalue weighted by Gasteiger charge is -2.39. The molecule has 1 aliphatic rings. The van der Waals surface area contributed by atoms with Gasteiger partial charge in [0.25, 0.3) is 5.91 Å². The summed E-state index contributed by atoms with van der Waals surface area (Å²) in [6.45, 7) is 5.06. The van der Waals surface area contributed by atoms with Gasteiger partial charge in [0.2, 0.25) is 11.8 Å². The predicted octanol–water partition coefficient (Wildman–Crippen LogP) is 3.90. The Morgan fingerprint density at radius 2 is 2.08 bits per heavy atom. The zero-order valence-electron chi connectivity index (χ0n) is 20.6. The summed E-state index contributed by atoms with van der Waals surface area (Å²) in [6.07, 6.45) is 1.98. The number of ether oxygens (including phenoxy) is 2. The van der Waals surface area contributed by atoms with Gasteiger partial charge in [-0.25, -0.2) is 9.37 Å². The molecule has 2 heterocycles. The maximum Gasteiger partial charge on any atom is 0.273 e. The molecule has 0 saturated heterocycles. The zero-order chi connectivity index (χ0) is 25.7. The summed E-state index contributed by atoms with van der Waals surface area (Å²) in [7, 11) is 1.55. The highest BCUT2D eigenvalue weighted by Crippen LogP contribution is 2.38. The molecule has 0 aliphatic carbocycles. The average Bonchev–Trinajstić information content (AvgIpc) is 3.35. The zero-order valence-corrected chi connectivity index (χ0v) is 20.6. The van der Waals surface area contributed by atoms with Crippen LogP contribution in [0.1, 0.15) is 53.0 Å². The Hall–Kier alpha value is -3.72. The van der Waals surface area contributed by atoms with Crippen LogP contribution in [0.2, 0.25) is 0 Å². The number of hydrogen-bond acceptors (Lipinski definition) is 6. The number of oxazole rings is 1. The molecule has 1 aliphatic heterocycles. The molecule has 0 bridgehead atoms. The maximum atomic E-state index is 14.1. The minimum Gasteiger partial charge on any atom is -0.484 e. The quantitative estimate of drug-likeness (QED) is 0.453. The second-order valence-electron chi connectivity index (χ2n) is 8.92. The normalized spacial score (nSPS) is 15.0. The Labute approximate surface area is 209 Å². The summed E-state index contributed by atoms with van der Waals surface area (Å²) < 4.78 is 30.4. The van der Waals surface area contributed by atoms with E-state index in [0.29, 0.717) is 37.4 Å². The summed E-state index contributed by atoms with van der Waals surface area (Å²) in [5.74, 6) is -0.0786. The van der Waals surface area contributed by atoms with Gasteiger partial charge in [-0.3, -0.25) is 9.59 Å². The number of amides is 2. The lowest BCUT2D eigenvalue weighted by molar-refractivity contribution is -0.136. The standard InChI is InChI=1S/C27H30FN3O5/c1-17(2)27(33)31-11-9-18-7-8-21(14-22(18)25(31)19-5-4-6-20(28)13-19)35-16-24-30-23(15-36-24)26(32)29-10-12-34-3/h4-8,13-15,17,25H,9-12,16H2,1-3H3,(H,29,32)/t25-/m0/s1. The molecule has 1 aromatic heterocycles. The molecule has 3 aromatic rings. The Kier molecular flexibility index (Phi) is 8.00. The molecule has 1 N–H and O–H groups in total. The third kappa shape index (κ3) is 5.73. The van der Waals surface area contributed by atoms with Crippen molar-refractivity contribution in [3.8, 4) is 5.75 Å². The molecule has 0 radical (unpaired) electrons. The Balaban J connectivity index is 1.55. The predicted molar refractivity (Wildman–Crippen MR) is 130 cm³/mol. The lowest BCUT2D eigenvalue weighted by atomic mass is 9.87. The molecule has 1 atom stereocenters. The van der Waals surface area contributed by atoms with Crippen molar-refractivity contribution in [2.75, 3.05) is 26.8 Å². The number of carbonyl (C=O) groups is 2. The number of rotatable bonds is 9. The third-order valence-corrected chi connectivity index (χ3v) is 6.03. The monoisotopic (exact) mass is 495 g/mol. The first kappa shape index (κ1) is 25.4. The third-order valence-electron chi connectivity index (χ3n) is 6.03. The number of carbonyl (C=O) groups excluding carboxylic acids is 2. The van der Waals surface area contributed by atoms with E-state index in [1.807, 2.05) is 43.0 Å². The number of halogens is 1. The summed E-state index contributed by atoms with van der Waals surface area (Å²) >= 11 is 0. The number of fused-ring (bicyclic) bond motifs is 1. The van der Waals surface area contributed by atoms with E-state index in [1.165, 1.54) is 18.4 Å². The molecule has 0 fully saturated rings. The van der Waals surface area contributed by atoms with E-state index in [4.69, 9.17) is 13.9 Å². The Bertz CT molecular complexity index is 1230. The van der Waals surface area contributed by atoms with Crippen LogP contribution in [-0.2, 0) is 22.6 Å². The molecule has 0 spiro atoms. The molecule has 2 amide bonds. The fourth-order valence-electron chi connectivity index (χ4n) is 4.27. The average molecular weight is 496 g/mol. The van der Waals surface area contributed by atoms with Crippen molar-refractivity contribution in [1.29, 1.82) is 0 Å². The highest BCUT2D eigenvalue weighted by Gasteiger charge is 2.33. The highest BCUT2D eigenvalue weighted by atomic mass is 19.1. The van der Waals surface area contributed by atoms with Crippen molar-refractivity contribution in [3.05, 3.63) is 82.8 Å². The Morgan fingerprint density at radius 1 is 1.25 bits per heavy atom. The van der Waals surface area contributed by atoms with Gasteiger partial charge in [-0.15, -0.1) is 0 Å². The maximum absolute atomic E-state index is 14.1. The van der Waals surface area contributed by atoms with Crippen LogP contribution in [0.15, 0.2) is 53.1 Å². The van der Waals surface area contributed by atoms with E-state index in [2.05, 4.69) is 10.3 Å². The van der Waals surface area contributed by atoms with Crippen LogP contribution in [0.4, 0.5) is 4.39 Å². The molecule has 0 unspecified atom stereocenters. The number of aromatic nitrogens is 1. The number of nitrogens with one attached hydrogen (secondary N) is 1. The van der Waals surface area contributed by atoms with Crippen LogP contribution in [0, 0.1) is 11.7 Å². The van der Waals surface area contributed by atoms with Crippen LogP contribution in [0.5, 0.6) is 5.75 Å². The molecule has 2 aromatic carbocycles. The second kappa shape index (κ2) is 11.3. The lowest BCUT2D eigenvalue weighted by Crippen LogP contribution is -2.42. The van der Waals surface area contributed by atoms with Crippen molar-refractivity contribution in [3.63, 3.8) is 0 Å². The molecule has 9 heteroatoms. The van der Waals surface area contributed by atoms with Crippen molar-refractivity contribution in [1.82, 2.24) is 15.2 Å². The Morgan fingerprint density at radius 3 is 2.83 bits per heavy atom. The van der Waals surface area contributed by atoms with E-state index in [0.717, 1.165) is 11.1 Å². The first-order valence-corrected chi connectivity index (χ1v) is 11.9. The van der Waals surface area contributed by atoms with Crippen molar-refractivity contribution in [2.45, 2.75) is 32.9 Å². The summed E-state index contributed by atoms with van der Waals surface area (Å²) in [5, 5.41) is 2.68. The largest absolute Gasteiger partial charge is 0.484 e. The van der Waals surface area contributed by atoms with Crippen molar-refractivity contribution < 1.29 is 27.9 Å². The van der Waals surface area contributed by atoms with Gasteiger partial charge in [-0.1, -0.05) is 32.0 Å². The number of nitrogens with zero attached hydrogens (tertiary/aromatic N) is 2. The first-order chi connectivity index (χ1) is 17.4. The summed E-state index contributed by atoms with van der Waals surface area (Å²) in [5.41, 5.74) is 2.84. The fourth-order valence-corrected chi connectivity index (χ4v) is 4.27. The smallest absolute Gasteiger partial charge is 0.273 e. The minimum atomic E-state index is -0.424. The van der Waals surface area contributed by atoms with E-state index >= 15 is 0 Å². The van der Waals surface area contributed by atoms with E-state index in [-0.39, 0.29) is 41.7 Å². The van der Waals surface area contributed by atoms with E-state index in [1.54, 1.807) is 13.2 Å². The SMILES string of the molecule is COCCNC(=O)c1coc(COc2ccc3c(c2)[C@H](c2cccc(F)c2)N(C(=O)C(C)C)CC3)n1. The van der Waals surface area contributed by atoms with Gasteiger partial charge < -0.3 is 24.1 Å². The number of benzene rings is 2. The van der Waals surface area contributed by atoms with Crippen LogP contribution < -0.4 is 10.1 Å². The number of methoxy groups -OCH3 is 1. The van der Waals surface area contributed by atoms with Gasteiger partial charge >= 0.3 is 0 Å². The molecule has 190 valence electrons. The molecular weight excluding hydrogens is 465 g/mol. The van der Waals surface area contributed by atoms with Gasteiger partial charge in [0.1, 0.15) is 17.8 Å². The fraction of sp³-hybridized carbons (Fsp3) is 0.370. The van der Waals surface area contributed by atoms with E-state index in [9.17, 15) is 14.0 Å². The van der Waals surface area contributed by atoms with Gasteiger partial charge in [-0.2, -0.15) is 0 Å². The first-order valence-electron chi connectivity index (χ1n) is 11.9. The molecule has 0 saturated carbocycles. The van der Waals surface area contributed by atoms with Gasteiger partial charge in [-0.05, 0) is 47.4 Å². The molecule has 4 rings (SSSR count). The van der Waals surface area contributed by atoms with Gasteiger partial charge in [0, 0.05) is 26.1 Å². The molecule has 36 heavy (non-hydrogen) atoms. The summed E-state index contributed by atoms with van der Waals surface area (Å²) in [4.78, 5) is 31.2. The van der Waals surface area contributed by atoms with E-state index < -0.39 is 6.04 Å². The minimum absolute atomic E-state index is 0.0114. The number of hydrogen-bond donors (Lipinski definition) is 1. The van der Waals surface area contributed by atoms with Crippen LogP contribution >= 0.6 is 0 Å². The topological polar surface area (TPSA) is 93.9 Å². The van der Waals surface area contributed by atoms with Crippen LogP contribution in [0.25, 0.3) is 0 Å². The van der Waals surface area contributed by atoms with Crippen LogP contribution in [0.3, 0.4) is 0 Å². The van der Waals surface area contributed by atoms with Crippen molar-refractivity contribution in [2.24, 2.45) is 5.92 Å². The highest BCUT2D eigenvalue weighted by molar-refractivity contribution is 5.91. The second-order valence-corrected chi connectivity index (χ2v) is 8.92. The molecular formula is C27H30FN3O5. The van der Waals surface area contributed by atoms with Gasteiger partial charge in [0.15, 0.2) is 12.3 Å². The van der Waals surface area contributed by atoms with Crippen molar-refractivity contribution >= 4 is 11.8 Å². The molecule has 8 nitrogen and oxygen atoms in total. The summed E-state index contributed by atoms with van der Waals surface area (Å²) in [6, 6.07) is 11.6. The van der Waals surface area contributed by atoms with Crippen LogP contribution in [-0.4, -0.2) is 48.5 Å². The van der Waals surface area contributed by atoms with Gasteiger partial charge in [0.05, 0.1) is 12.6 Å².